The van der Waals surface area contributed by atoms with Gasteiger partial charge in [-0.1, -0.05) is 50.2 Å². The van der Waals surface area contributed by atoms with Gasteiger partial charge >= 0.3 is 6.09 Å². The van der Waals surface area contributed by atoms with Gasteiger partial charge in [0, 0.05) is 24.7 Å². The molecule has 1 aliphatic heterocycles. The van der Waals surface area contributed by atoms with Crippen molar-refractivity contribution in [3.05, 3.63) is 48.0 Å². The van der Waals surface area contributed by atoms with E-state index in [4.69, 9.17) is 4.74 Å². The topological polar surface area (TPSA) is 58.6 Å². The van der Waals surface area contributed by atoms with Gasteiger partial charge in [0.05, 0.1) is 6.61 Å². The second-order valence-corrected chi connectivity index (χ2v) is 7.23. The highest BCUT2D eigenvalue weighted by atomic mass is 16.6. The van der Waals surface area contributed by atoms with Crippen LogP contribution in [0, 0.1) is 5.92 Å². The van der Waals surface area contributed by atoms with E-state index < -0.39 is 0 Å². The predicted octanol–water partition coefficient (Wildman–Crippen LogP) is 3.83. The lowest BCUT2D eigenvalue weighted by atomic mass is 10.0. The van der Waals surface area contributed by atoms with E-state index in [1.807, 2.05) is 56.3 Å². The number of fused-ring (bicyclic) bond motifs is 1. The third-order valence-corrected chi connectivity index (χ3v) is 4.66. The van der Waals surface area contributed by atoms with E-state index in [-0.39, 0.29) is 18.0 Å². The van der Waals surface area contributed by atoms with Crippen molar-refractivity contribution in [2.45, 2.75) is 32.7 Å². The SMILES string of the molecule is CC(C)COC(=O)N1CCC(NC(=O)c2cccc3ccccc23)CC1. The zero-order chi connectivity index (χ0) is 18.5. The number of piperidine rings is 1. The number of likely N-dealkylation sites (tertiary alicyclic amines) is 1. The predicted molar refractivity (Wildman–Crippen MR) is 102 cm³/mol. The summed E-state index contributed by atoms with van der Waals surface area (Å²) in [5.74, 6) is 0.277. The Morgan fingerprint density at radius 1 is 1.12 bits per heavy atom. The van der Waals surface area contributed by atoms with Crippen molar-refractivity contribution in [1.29, 1.82) is 0 Å². The first kappa shape index (κ1) is 18.2. The summed E-state index contributed by atoms with van der Waals surface area (Å²) in [4.78, 5) is 26.4. The number of rotatable bonds is 4. The molecule has 26 heavy (non-hydrogen) atoms. The Bertz CT molecular complexity index is 774. The van der Waals surface area contributed by atoms with Gasteiger partial charge < -0.3 is 15.0 Å². The van der Waals surface area contributed by atoms with Crippen molar-refractivity contribution in [2.24, 2.45) is 5.92 Å². The zero-order valence-electron chi connectivity index (χ0n) is 15.4. The molecule has 3 rings (SSSR count). The van der Waals surface area contributed by atoms with Gasteiger partial charge in [-0.05, 0) is 35.6 Å². The molecule has 138 valence electrons. The maximum absolute atomic E-state index is 12.7. The third-order valence-electron chi connectivity index (χ3n) is 4.66. The number of ether oxygens (including phenoxy) is 1. The smallest absolute Gasteiger partial charge is 0.409 e. The number of hydrogen-bond acceptors (Lipinski definition) is 3. The van der Waals surface area contributed by atoms with E-state index in [1.54, 1.807) is 4.90 Å². The summed E-state index contributed by atoms with van der Waals surface area (Å²) in [6.07, 6.45) is 1.23. The molecule has 1 saturated heterocycles. The Kier molecular flexibility index (Phi) is 5.76. The van der Waals surface area contributed by atoms with Crippen LogP contribution in [0.4, 0.5) is 4.79 Å². The van der Waals surface area contributed by atoms with Crippen LogP contribution in [-0.2, 0) is 4.74 Å². The fraction of sp³-hybridized carbons (Fsp3) is 0.429. The number of hydrogen-bond donors (Lipinski definition) is 1. The quantitative estimate of drug-likeness (QED) is 0.908. The monoisotopic (exact) mass is 354 g/mol. The van der Waals surface area contributed by atoms with Gasteiger partial charge in [0.15, 0.2) is 0 Å². The van der Waals surface area contributed by atoms with Gasteiger partial charge in [-0.2, -0.15) is 0 Å². The lowest BCUT2D eigenvalue weighted by Gasteiger charge is -2.32. The standard InChI is InChI=1S/C21H26N2O3/c1-15(2)14-26-21(25)23-12-10-17(11-13-23)22-20(24)19-9-5-7-16-6-3-4-8-18(16)19/h3-9,15,17H,10-14H2,1-2H3,(H,22,24). The molecule has 5 nitrogen and oxygen atoms in total. The molecule has 0 unspecified atom stereocenters. The Morgan fingerprint density at radius 3 is 2.54 bits per heavy atom. The highest BCUT2D eigenvalue weighted by molar-refractivity contribution is 6.07. The lowest BCUT2D eigenvalue weighted by molar-refractivity contribution is 0.0786. The van der Waals surface area contributed by atoms with Crippen molar-refractivity contribution < 1.29 is 14.3 Å². The molecule has 1 N–H and O–H groups in total. The molecule has 0 spiro atoms. The van der Waals surface area contributed by atoms with Gasteiger partial charge in [0.1, 0.15) is 0 Å². The maximum atomic E-state index is 12.7. The minimum Gasteiger partial charge on any atom is -0.449 e. The van der Waals surface area contributed by atoms with Gasteiger partial charge in [-0.3, -0.25) is 4.79 Å². The van der Waals surface area contributed by atoms with Crippen LogP contribution < -0.4 is 5.32 Å². The van der Waals surface area contributed by atoms with Gasteiger partial charge in [-0.25, -0.2) is 4.79 Å². The summed E-state index contributed by atoms with van der Waals surface area (Å²) in [7, 11) is 0. The fourth-order valence-corrected chi connectivity index (χ4v) is 3.22. The van der Waals surface area contributed by atoms with Crippen LogP contribution in [0.2, 0.25) is 0 Å². The summed E-state index contributed by atoms with van der Waals surface area (Å²) in [5.41, 5.74) is 0.696. The van der Waals surface area contributed by atoms with Gasteiger partial charge in [0.25, 0.3) is 5.91 Å². The summed E-state index contributed by atoms with van der Waals surface area (Å²) in [5, 5.41) is 5.14. The van der Waals surface area contributed by atoms with Crippen molar-refractivity contribution >= 4 is 22.8 Å². The zero-order valence-corrected chi connectivity index (χ0v) is 15.4. The molecule has 0 saturated carbocycles. The Balaban J connectivity index is 1.56. The Labute approximate surface area is 154 Å². The summed E-state index contributed by atoms with van der Waals surface area (Å²) in [6.45, 7) is 5.69. The van der Waals surface area contributed by atoms with Crippen molar-refractivity contribution in [1.82, 2.24) is 10.2 Å². The molecule has 0 aliphatic carbocycles. The largest absolute Gasteiger partial charge is 0.449 e. The highest BCUT2D eigenvalue weighted by Crippen LogP contribution is 2.19. The average molecular weight is 354 g/mol. The molecule has 5 heteroatoms. The van der Waals surface area contributed by atoms with E-state index in [0.29, 0.717) is 31.2 Å². The van der Waals surface area contributed by atoms with Crippen molar-refractivity contribution in [2.75, 3.05) is 19.7 Å². The number of nitrogens with one attached hydrogen (secondary N) is 1. The third kappa shape index (κ3) is 4.34. The van der Waals surface area contributed by atoms with Crippen LogP contribution >= 0.6 is 0 Å². The van der Waals surface area contributed by atoms with Gasteiger partial charge in [-0.15, -0.1) is 0 Å². The summed E-state index contributed by atoms with van der Waals surface area (Å²) in [6, 6.07) is 13.7. The Morgan fingerprint density at radius 2 is 1.81 bits per heavy atom. The number of carbonyl (C=O) groups is 2. The minimum atomic E-state index is -0.252. The van der Waals surface area contributed by atoms with E-state index >= 15 is 0 Å². The number of benzene rings is 2. The molecule has 1 fully saturated rings. The highest BCUT2D eigenvalue weighted by Gasteiger charge is 2.25. The van der Waals surface area contributed by atoms with Crippen LogP contribution in [0.1, 0.15) is 37.0 Å². The molecule has 2 aromatic carbocycles. The molecule has 0 radical (unpaired) electrons. The normalized spacial score (nSPS) is 15.3. The molecular weight excluding hydrogens is 328 g/mol. The summed E-state index contributed by atoms with van der Waals surface area (Å²) >= 11 is 0. The van der Waals surface area contributed by atoms with Crippen LogP contribution in [0.25, 0.3) is 10.8 Å². The van der Waals surface area contributed by atoms with Crippen LogP contribution in [0.5, 0.6) is 0 Å². The van der Waals surface area contributed by atoms with Crippen LogP contribution in [-0.4, -0.2) is 42.6 Å². The first-order valence-electron chi connectivity index (χ1n) is 9.25. The van der Waals surface area contributed by atoms with Crippen LogP contribution in [0.3, 0.4) is 0 Å². The first-order chi connectivity index (χ1) is 12.5. The minimum absolute atomic E-state index is 0.0531. The molecule has 2 amide bonds. The molecular formula is C21H26N2O3. The van der Waals surface area contributed by atoms with E-state index in [0.717, 1.165) is 23.6 Å². The van der Waals surface area contributed by atoms with Crippen LogP contribution in [0.15, 0.2) is 42.5 Å². The molecule has 1 aliphatic rings. The average Bonchev–Trinajstić information content (AvgIpc) is 2.66. The second kappa shape index (κ2) is 8.21. The molecule has 0 aromatic heterocycles. The maximum Gasteiger partial charge on any atom is 0.409 e. The van der Waals surface area contributed by atoms with Crippen molar-refractivity contribution in [3.63, 3.8) is 0 Å². The lowest BCUT2D eigenvalue weighted by Crippen LogP contribution is -2.46. The van der Waals surface area contributed by atoms with E-state index in [1.165, 1.54) is 0 Å². The summed E-state index contributed by atoms with van der Waals surface area (Å²) < 4.78 is 5.28. The Hall–Kier alpha value is -2.56. The number of nitrogens with zero attached hydrogens (tertiary/aromatic N) is 1. The fourth-order valence-electron chi connectivity index (χ4n) is 3.22. The van der Waals surface area contributed by atoms with Crippen molar-refractivity contribution in [3.8, 4) is 0 Å². The first-order valence-corrected chi connectivity index (χ1v) is 9.25. The second-order valence-electron chi connectivity index (χ2n) is 7.23. The number of amides is 2. The van der Waals surface area contributed by atoms with Gasteiger partial charge in [0.2, 0.25) is 0 Å². The van der Waals surface area contributed by atoms with E-state index in [2.05, 4.69) is 5.32 Å². The molecule has 0 bridgehead atoms. The van der Waals surface area contributed by atoms with E-state index in [9.17, 15) is 9.59 Å². The molecule has 2 aromatic rings. The molecule has 1 heterocycles. The number of carbonyl (C=O) groups excluding carboxylic acids is 2. The molecule has 0 atom stereocenters.